The number of fused-ring (bicyclic) bond motifs is 1. The Hall–Kier alpha value is -2.85. The summed E-state index contributed by atoms with van der Waals surface area (Å²) in [7, 11) is 0. The zero-order valence-corrected chi connectivity index (χ0v) is 19.3. The largest absolute Gasteiger partial charge is 0.426 e. The molecule has 4 nitrogen and oxygen atoms in total. The number of H-pyrrole nitrogens is 1. The molecule has 3 aromatic rings. The van der Waals surface area contributed by atoms with Crippen molar-refractivity contribution < 1.29 is 9.53 Å². The maximum absolute atomic E-state index is 12.0. The molecule has 0 saturated carbocycles. The van der Waals surface area contributed by atoms with Crippen molar-refractivity contribution in [3.8, 4) is 5.75 Å². The van der Waals surface area contributed by atoms with E-state index in [1.807, 2.05) is 32.0 Å². The van der Waals surface area contributed by atoms with E-state index in [2.05, 4.69) is 52.5 Å². The van der Waals surface area contributed by atoms with Crippen LogP contribution in [0.25, 0.3) is 16.5 Å². The molecule has 0 saturated heterocycles. The van der Waals surface area contributed by atoms with Crippen LogP contribution in [0.1, 0.15) is 50.7 Å². The van der Waals surface area contributed by atoms with Gasteiger partial charge in [0.2, 0.25) is 0 Å². The van der Waals surface area contributed by atoms with Crippen molar-refractivity contribution in [2.24, 2.45) is 5.92 Å². The van der Waals surface area contributed by atoms with Gasteiger partial charge in [0.05, 0.1) is 0 Å². The molecular weight excluding hydrogens is 396 g/mol. The van der Waals surface area contributed by atoms with Crippen molar-refractivity contribution in [1.29, 1.82) is 0 Å². The van der Waals surface area contributed by atoms with E-state index in [1.54, 1.807) is 0 Å². The normalized spacial score (nSPS) is 14.7. The minimum absolute atomic E-state index is 0.164. The second-order valence-corrected chi connectivity index (χ2v) is 9.20. The zero-order chi connectivity index (χ0) is 22.3. The summed E-state index contributed by atoms with van der Waals surface area (Å²) in [5.74, 6) is 0.773. The van der Waals surface area contributed by atoms with E-state index in [0.29, 0.717) is 18.1 Å². The highest BCUT2D eigenvalue weighted by Crippen LogP contribution is 2.26. The Balaban J connectivity index is 1.26. The number of hydrogen-bond donors (Lipinski definition) is 1. The van der Waals surface area contributed by atoms with Crippen molar-refractivity contribution >= 4 is 22.4 Å². The molecule has 1 aromatic heterocycles. The second kappa shape index (κ2) is 10.6. The van der Waals surface area contributed by atoms with E-state index in [0.717, 1.165) is 49.8 Å². The molecular formula is C28H34N2O2. The SMILES string of the molecule is CC(C)CC(=O)Oc1ccc2[nH]cc(CCCCN3CC=C(c4ccccc4)CC3)c2c1. The van der Waals surface area contributed by atoms with Gasteiger partial charge < -0.3 is 9.72 Å². The molecule has 4 heteroatoms. The summed E-state index contributed by atoms with van der Waals surface area (Å²) in [6, 6.07) is 16.6. The van der Waals surface area contributed by atoms with Crippen molar-refractivity contribution in [3.05, 3.63) is 71.9 Å². The van der Waals surface area contributed by atoms with E-state index >= 15 is 0 Å². The minimum atomic E-state index is -0.164. The third-order valence-corrected chi connectivity index (χ3v) is 6.15. The molecule has 0 atom stereocenters. The molecule has 1 N–H and O–H groups in total. The van der Waals surface area contributed by atoms with Gasteiger partial charge in [-0.2, -0.15) is 0 Å². The summed E-state index contributed by atoms with van der Waals surface area (Å²) in [5, 5.41) is 1.16. The first-order valence-corrected chi connectivity index (χ1v) is 11.9. The summed E-state index contributed by atoms with van der Waals surface area (Å²) in [6.07, 6.45) is 9.42. The third kappa shape index (κ3) is 5.89. The number of ether oxygens (including phenoxy) is 1. The van der Waals surface area contributed by atoms with Crippen molar-refractivity contribution in [1.82, 2.24) is 9.88 Å². The number of aromatic amines is 1. The predicted octanol–water partition coefficient (Wildman–Crippen LogP) is 6.23. The van der Waals surface area contributed by atoms with Crippen LogP contribution >= 0.6 is 0 Å². The number of aromatic nitrogens is 1. The molecule has 0 amide bonds. The lowest BCUT2D eigenvalue weighted by molar-refractivity contribution is -0.135. The zero-order valence-electron chi connectivity index (χ0n) is 19.3. The molecule has 1 aliphatic heterocycles. The molecule has 4 rings (SSSR count). The number of benzene rings is 2. The number of nitrogens with zero attached hydrogens (tertiary/aromatic N) is 1. The van der Waals surface area contributed by atoms with Gasteiger partial charge in [-0.15, -0.1) is 0 Å². The molecule has 2 aromatic carbocycles. The van der Waals surface area contributed by atoms with Crippen LogP contribution in [0.2, 0.25) is 0 Å². The topological polar surface area (TPSA) is 45.3 Å². The Kier molecular flexibility index (Phi) is 7.43. The molecule has 32 heavy (non-hydrogen) atoms. The van der Waals surface area contributed by atoms with Gasteiger partial charge in [0.25, 0.3) is 0 Å². The van der Waals surface area contributed by atoms with Crippen molar-refractivity contribution in [3.63, 3.8) is 0 Å². The van der Waals surface area contributed by atoms with Gasteiger partial charge in [-0.1, -0.05) is 50.3 Å². The lowest BCUT2D eigenvalue weighted by atomic mass is 9.99. The van der Waals surface area contributed by atoms with Crippen LogP contribution in [0.3, 0.4) is 0 Å². The summed E-state index contributed by atoms with van der Waals surface area (Å²) in [6.45, 7) is 7.37. The molecule has 0 bridgehead atoms. The summed E-state index contributed by atoms with van der Waals surface area (Å²) in [4.78, 5) is 17.9. The van der Waals surface area contributed by atoms with Crippen LogP contribution in [0.4, 0.5) is 0 Å². The number of rotatable bonds is 9. The predicted molar refractivity (Wildman–Crippen MR) is 132 cm³/mol. The fourth-order valence-electron chi connectivity index (χ4n) is 4.41. The van der Waals surface area contributed by atoms with E-state index in [-0.39, 0.29) is 5.97 Å². The number of hydrogen-bond acceptors (Lipinski definition) is 3. The molecule has 1 aliphatic rings. The van der Waals surface area contributed by atoms with Crippen LogP contribution in [0, 0.1) is 5.92 Å². The maximum atomic E-state index is 12.0. The summed E-state index contributed by atoms with van der Waals surface area (Å²) >= 11 is 0. The smallest absolute Gasteiger partial charge is 0.311 e. The summed E-state index contributed by atoms with van der Waals surface area (Å²) in [5.41, 5.74) is 5.23. The lowest BCUT2D eigenvalue weighted by Gasteiger charge is -2.26. The number of carbonyl (C=O) groups excluding carboxylic acids is 1. The highest BCUT2D eigenvalue weighted by Gasteiger charge is 2.13. The van der Waals surface area contributed by atoms with E-state index < -0.39 is 0 Å². The second-order valence-electron chi connectivity index (χ2n) is 9.20. The fourth-order valence-corrected chi connectivity index (χ4v) is 4.41. The Morgan fingerprint density at radius 1 is 1.12 bits per heavy atom. The molecule has 0 unspecified atom stereocenters. The first kappa shape index (κ1) is 22.3. The average molecular weight is 431 g/mol. The Labute approximate surface area is 191 Å². The molecule has 0 aliphatic carbocycles. The van der Waals surface area contributed by atoms with Gasteiger partial charge in [-0.05, 0) is 73.0 Å². The van der Waals surface area contributed by atoms with E-state index in [4.69, 9.17) is 4.74 Å². The number of nitrogens with one attached hydrogen (secondary N) is 1. The standard InChI is InChI=1S/C28H34N2O2/c1-21(2)18-28(31)32-25-11-12-27-26(19-25)24(20-29-27)10-6-7-15-30-16-13-23(14-17-30)22-8-4-3-5-9-22/h3-5,8-9,11-13,19-21,29H,6-7,10,14-18H2,1-2H3. The first-order valence-electron chi connectivity index (χ1n) is 11.9. The number of unbranched alkanes of at least 4 members (excludes halogenated alkanes) is 1. The molecule has 0 fully saturated rings. The van der Waals surface area contributed by atoms with Gasteiger partial charge in [-0.3, -0.25) is 9.69 Å². The molecule has 168 valence electrons. The van der Waals surface area contributed by atoms with Gasteiger partial charge in [-0.25, -0.2) is 0 Å². The molecule has 0 spiro atoms. The first-order chi connectivity index (χ1) is 15.6. The van der Waals surface area contributed by atoms with Gasteiger partial charge >= 0.3 is 5.97 Å². The van der Waals surface area contributed by atoms with Crippen LogP contribution < -0.4 is 4.74 Å². The van der Waals surface area contributed by atoms with Crippen LogP contribution in [-0.2, 0) is 11.2 Å². The molecule has 0 radical (unpaired) electrons. The van der Waals surface area contributed by atoms with Gasteiger partial charge in [0, 0.05) is 36.6 Å². The molecule has 2 heterocycles. The van der Waals surface area contributed by atoms with Crippen molar-refractivity contribution in [2.45, 2.75) is 46.0 Å². The number of esters is 1. The van der Waals surface area contributed by atoms with Crippen LogP contribution in [0.15, 0.2) is 60.8 Å². The van der Waals surface area contributed by atoms with E-state index in [1.165, 1.54) is 23.1 Å². The number of aryl methyl sites for hydroxylation is 1. The average Bonchev–Trinajstić information content (AvgIpc) is 3.19. The fraction of sp³-hybridized carbons (Fsp3) is 0.393. The van der Waals surface area contributed by atoms with Crippen LogP contribution in [0.5, 0.6) is 5.75 Å². The quantitative estimate of drug-likeness (QED) is 0.249. The number of carbonyl (C=O) groups is 1. The Morgan fingerprint density at radius 2 is 1.97 bits per heavy atom. The highest BCUT2D eigenvalue weighted by molar-refractivity contribution is 5.85. The van der Waals surface area contributed by atoms with E-state index in [9.17, 15) is 4.79 Å². The summed E-state index contributed by atoms with van der Waals surface area (Å²) < 4.78 is 5.54. The van der Waals surface area contributed by atoms with Crippen molar-refractivity contribution in [2.75, 3.05) is 19.6 Å². The Morgan fingerprint density at radius 3 is 2.72 bits per heavy atom. The highest BCUT2D eigenvalue weighted by atomic mass is 16.5. The monoisotopic (exact) mass is 430 g/mol. The maximum Gasteiger partial charge on any atom is 0.311 e. The van der Waals surface area contributed by atoms with Gasteiger partial charge in [0.1, 0.15) is 5.75 Å². The lowest BCUT2D eigenvalue weighted by Crippen LogP contribution is -2.29. The Bertz CT molecular complexity index is 1070. The third-order valence-electron chi connectivity index (χ3n) is 6.15. The van der Waals surface area contributed by atoms with Crippen LogP contribution in [-0.4, -0.2) is 35.5 Å². The minimum Gasteiger partial charge on any atom is -0.426 e. The van der Waals surface area contributed by atoms with Gasteiger partial charge in [0.15, 0.2) is 0 Å².